The van der Waals surface area contributed by atoms with Gasteiger partial charge in [0.25, 0.3) is 0 Å². The van der Waals surface area contributed by atoms with Gasteiger partial charge in [-0.3, -0.25) is 4.79 Å². The largest absolute Gasteiger partial charge is 0.503 e. The minimum atomic E-state index is -1.83. The van der Waals surface area contributed by atoms with Crippen molar-refractivity contribution >= 4 is 12.1 Å². The molecule has 108 valence electrons. The summed E-state index contributed by atoms with van der Waals surface area (Å²) in [5.41, 5.74) is -0.350. The standard InChI is InChI=1S/C12H24O2.CH2O3/c1-6-8-9-10(7-2)11(13)14-12(3,4)5;2-1(3)4/h10H,6-9H2,1-5H3;(H2,2,3,4). The lowest BCUT2D eigenvalue weighted by molar-refractivity contribution is -0.160. The Balaban J connectivity index is 0. The van der Waals surface area contributed by atoms with Crippen molar-refractivity contribution in [3.8, 4) is 0 Å². The number of carboxylic acid groups (broad SMARTS) is 2. The Labute approximate surface area is 109 Å². The molecule has 5 nitrogen and oxygen atoms in total. The van der Waals surface area contributed by atoms with Crippen LogP contribution in [0.3, 0.4) is 0 Å². The van der Waals surface area contributed by atoms with Gasteiger partial charge in [0, 0.05) is 0 Å². The third kappa shape index (κ3) is 14.7. The molecule has 0 aliphatic carbocycles. The lowest BCUT2D eigenvalue weighted by Crippen LogP contribution is -2.28. The number of carbonyl (C=O) groups is 2. The fourth-order valence-electron chi connectivity index (χ4n) is 1.32. The Morgan fingerprint density at radius 2 is 1.61 bits per heavy atom. The third-order valence-electron chi connectivity index (χ3n) is 2.14. The van der Waals surface area contributed by atoms with Gasteiger partial charge in [-0.05, 0) is 33.6 Å². The molecule has 0 aliphatic heterocycles. The SMILES string of the molecule is CCCCC(CC)C(=O)OC(C)(C)C.O=C(O)O. The van der Waals surface area contributed by atoms with E-state index < -0.39 is 6.16 Å². The van der Waals surface area contributed by atoms with E-state index in [4.69, 9.17) is 19.7 Å². The smallest absolute Gasteiger partial charge is 0.460 e. The summed E-state index contributed by atoms with van der Waals surface area (Å²) in [5.74, 6) is 0.0580. The van der Waals surface area contributed by atoms with Gasteiger partial charge in [0.2, 0.25) is 0 Å². The average molecular weight is 262 g/mol. The zero-order valence-electron chi connectivity index (χ0n) is 12.0. The average Bonchev–Trinajstić information content (AvgIpc) is 2.15. The van der Waals surface area contributed by atoms with Crippen LogP contribution in [0.5, 0.6) is 0 Å². The quantitative estimate of drug-likeness (QED) is 0.737. The molecule has 0 saturated carbocycles. The van der Waals surface area contributed by atoms with Gasteiger partial charge in [-0.25, -0.2) is 4.79 Å². The van der Waals surface area contributed by atoms with Gasteiger partial charge in [0.05, 0.1) is 5.92 Å². The minimum Gasteiger partial charge on any atom is -0.460 e. The summed E-state index contributed by atoms with van der Waals surface area (Å²) in [6, 6.07) is 0. The number of hydrogen-bond donors (Lipinski definition) is 2. The van der Waals surface area contributed by atoms with Crippen LogP contribution in [0.4, 0.5) is 4.79 Å². The molecule has 1 unspecified atom stereocenters. The summed E-state index contributed by atoms with van der Waals surface area (Å²) < 4.78 is 5.35. The van der Waals surface area contributed by atoms with E-state index in [1.807, 2.05) is 27.7 Å². The van der Waals surface area contributed by atoms with Crippen LogP contribution >= 0.6 is 0 Å². The van der Waals surface area contributed by atoms with Gasteiger partial charge in [0.15, 0.2) is 0 Å². The topological polar surface area (TPSA) is 83.8 Å². The van der Waals surface area contributed by atoms with Gasteiger partial charge in [-0.15, -0.1) is 0 Å². The Morgan fingerprint density at radius 1 is 1.17 bits per heavy atom. The second kappa shape index (κ2) is 9.74. The van der Waals surface area contributed by atoms with Crippen molar-refractivity contribution in [1.29, 1.82) is 0 Å². The summed E-state index contributed by atoms with van der Waals surface area (Å²) in [7, 11) is 0. The van der Waals surface area contributed by atoms with E-state index in [1.54, 1.807) is 0 Å². The molecule has 0 aromatic carbocycles. The number of unbranched alkanes of at least 4 members (excludes halogenated alkanes) is 1. The first-order chi connectivity index (χ1) is 8.14. The zero-order chi connectivity index (χ0) is 14.8. The van der Waals surface area contributed by atoms with Crippen molar-refractivity contribution in [2.45, 2.75) is 65.9 Å². The first-order valence-corrected chi connectivity index (χ1v) is 6.28. The van der Waals surface area contributed by atoms with E-state index in [2.05, 4.69) is 6.92 Å². The highest BCUT2D eigenvalue weighted by Crippen LogP contribution is 2.18. The normalized spacial score (nSPS) is 12.1. The van der Waals surface area contributed by atoms with E-state index in [0.29, 0.717) is 0 Å². The summed E-state index contributed by atoms with van der Waals surface area (Å²) in [6.45, 7) is 9.93. The second-order valence-corrected chi connectivity index (χ2v) is 5.06. The molecule has 0 fully saturated rings. The van der Waals surface area contributed by atoms with Crippen LogP contribution in [0.1, 0.15) is 60.3 Å². The molecule has 0 bridgehead atoms. The molecule has 1 atom stereocenters. The first-order valence-electron chi connectivity index (χ1n) is 6.28. The van der Waals surface area contributed by atoms with Gasteiger partial charge in [-0.2, -0.15) is 0 Å². The van der Waals surface area contributed by atoms with Crippen LogP contribution < -0.4 is 0 Å². The highest BCUT2D eigenvalue weighted by molar-refractivity contribution is 5.72. The van der Waals surface area contributed by atoms with Gasteiger partial charge >= 0.3 is 12.1 Å². The second-order valence-electron chi connectivity index (χ2n) is 5.06. The van der Waals surface area contributed by atoms with Crippen molar-refractivity contribution in [2.24, 2.45) is 5.92 Å². The Bertz CT molecular complexity index is 238. The molecule has 0 aromatic heterocycles. The fourth-order valence-corrected chi connectivity index (χ4v) is 1.32. The van der Waals surface area contributed by atoms with Crippen molar-refractivity contribution in [2.75, 3.05) is 0 Å². The van der Waals surface area contributed by atoms with Crippen LogP contribution in [0, 0.1) is 5.92 Å². The molecule has 0 rings (SSSR count). The van der Waals surface area contributed by atoms with Crippen molar-refractivity contribution < 1.29 is 24.5 Å². The van der Waals surface area contributed by atoms with Gasteiger partial charge in [-0.1, -0.05) is 26.7 Å². The van der Waals surface area contributed by atoms with E-state index in [1.165, 1.54) is 0 Å². The zero-order valence-corrected chi connectivity index (χ0v) is 12.0. The maximum absolute atomic E-state index is 11.7. The molecule has 0 heterocycles. The molecule has 2 N–H and O–H groups in total. The number of ether oxygens (including phenoxy) is 1. The van der Waals surface area contributed by atoms with Crippen LogP contribution in [-0.2, 0) is 9.53 Å². The van der Waals surface area contributed by atoms with Crippen molar-refractivity contribution in [3.63, 3.8) is 0 Å². The molecular formula is C13H26O5. The first kappa shape index (κ1) is 19.1. The van der Waals surface area contributed by atoms with Crippen LogP contribution in [-0.4, -0.2) is 27.9 Å². The van der Waals surface area contributed by atoms with Crippen molar-refractivity contribution in [1.82, 2.24) is 0 Å². The van der Waals surface area contributed by atoms with Gasteiger partial charge < -0.3 is 14.9 Å². The molecular weight excluding hydrogens is 236 g/mol. The Hall–Kier alpha value is -1.26. The summed E-state index contributed by atoms with van der Waals surface area (Å²) in [4.78, 5) is 20.2. The molecule has 5 heteroatoms. The fraction of sp³-hybridized carbons (Fsp3) is 0.846. The molecule has 0 amide bonds. The molecule has 0 aromatic rings. The maximum Gasteiger partial charge on any atom is 0.503 e. The van der Waals surface area contributed by atoms with Crippen LogP contribution in [0.25, 0.3) is 0 Å². The Morgan fingerprint density at radius 3 is 1.89 bits per heavy atom. The Kier molecular flexibility index (Phi) is 10.3. The molecule has 18 heavy (non-hydrogen) atoms. The maximum atomic E-state index is 11.7. The predicted octanol–water partition coefficient (Wildman–Crippen LogP) is 3.77. The lowest BCUT2D eigenvalue weighted by atomic mass is 9.99. The number of hydrogen-bond acceptors (Lipinski definition) is 3. The minimum absolute atomic E-state index is 0.0338. The molecule has 0 radical (unpaired) electrons. The highest BCUT2D eigenvalue weighted by atomic mass is 16.6. The lowest BCUT2D eigenvalue weighted by Gasteiger charge is -2.23. The van der Waals surface area contributed by atoms with Crippen LogP contribution in [0.2, 0.25) is 0 Å². The van der Waals surface area contributed by atoms with Gasteiger partial charge in [0.1, 0.15) is 5.60 Å². The van der Waals surface area contributed by atoms with E-state index in [9.17, 15) is 4.79 Å². The molecule has 0 saturated heterocycles. The molecule has 0 aliphatic rings. The van der Waals surface area contributed by atoms with E-state index in [-0.39, 0.29) is 17.5 Å². The monoisotopic (exact) mass is 262 g/mol. The van der Waals surface area contributed by atoms with E-state index in [0.717, 1.165) is 25.7 Å². The van der Waals surface area contributed by atoms with Crippen molar-refractivity contribution in [3.05, 3.63) is 0 Å². The summed E-state index contributed by atoms with van der Waals surface area (Å²) in [6.07, 6.45) is 2.26. The number of carbonyl (C=O) groups excluding carboxylic acids is 1. The third-order valence-corrected chi connectivity index (χ3v) is 2.14. The highest BCUT2D eigenvalue weighted by Gasteiger charge is 2.22. The predicted molar refractivity (Wildman–Crippen MR) is 69.8 cm³/mol. The molecule has 0 spiro atoms. The van der Waals surface area contributed by atoms with E-state index >= 15 is 0 Å². The number of esters is 1. The summed E-state index contributed by atoms with van der Waals surface area (Å²) in [5, 5.41) is 13.9. The number of rotatable bonds is 5. The summed E-state index contributed by atoms with van der Waals surface area (Å²) >= 11 is 0. The van der Waals surface area contributed by atoms with Crippen LogP contribution in [0.15, 0.2) is 0 Å².